The number of hydrogen-bond acceptors (Lipinski definition) is 2. The summed E-state index contributed by atoms with van der Waals surface area (Å²) >= 11 is 5.42. The molecule has 1 saturated carbocycles. The van der Waals surface area contributed by atoms with Crippen molar-refractivity contribution < 1.29 is 0 Å². The van der Waals surface area contributed by atoms with Crippen LogP contribution in [0.25, 0.3) is 0 Å². The van der Waals surface area contributed by atoms with Crippen molar-refractivity contribution in [1.29, 1.82) is 0 Å². The molecule has 1 heterocycles. The van der Waals surface area contributed by atoms with Gasteiger partial charge in [-0.05, 0) is 54.4 Å². The highest BCUT2D eigenvalue weighted by Crippen LogP contribution is 2.31. The third kappa shape index (κ3) is 2.33. The monoisotopic (exact) mass is 259 g/mol. The fourth-order valence-electron chi connectivity index (χ4n) is 1.49. The van der Waals surface area contributed by atoms with Crippen LogP contribution in [0.15, 0.2) is 9.85 Å². The molecule has 72 valence electrons. The highest BCUT2D eigenvalue weighted by molar-refractivity contribution is 9.11. The first kappa shape index (κ1) is 9.69. The molecular formula is C10H14BrNS. The van der Waals surface area contributed by atoms with Crippen molar-refractivity contribution in [3.8, 4) is 0 Å². The van der Waals surface area contributed by atoms with Crippen LogP contribution in [-0.2, 0) is 6.54 Å². The molecule has 0 atom stereocenters. The highest BCUT2D eigenvalue weighted by atomic mass is 79.9. The van der Waals surface area contributed by atoms with Gasteiger partial charge in [0.15, 0.2) is 0 Å². The molecule has 0 bridgehead atoms. The van der Waals surface area contributed by atoms with Crippen molar-refractivity contribution in [3.63, 3.8) is 0 Å². The van der Waals surface area contributed by atoms with Crippen LogP contribution in [0.4, 0.5) is 0 Å². The van der Waals surface area contributed by atoms with Crippen molar-refractivity contribution >= 4 is 27.3 Å². The molecule has 3 heteroatoms. The molecule has 0 amide bonds. The molecular weight excluding hydrogens is 246 g/mol. The van der Waals surface area contributed by atoms with E-state index in [4.69, 9.17) is 0 Å². The summed E-state index contributed by atoms with van der Waals surface area (Å²) in [5.41, 5.74) is 1.36. The normalized spacial score (nSPS) is 16.9. The van der Waals surface area contributed by atoms with Gasteiger partial charge < -0.3 is 0 Å². The van der Waals surface area contributed by atoms with E-state index in [1.807, 2.05) is 11.3 Å². The summed E-state index contributed by atoms with van der Waals surface area (Å²) in [6, 6.07) is 3.15. The Morgan fingerprint density at radius 3 is 2.77 bits per heavy atom. The van der Waals surface area contributed by atoms with E-state index in [1.165, 1.54) is 27.1 Å². The average molecular weight is 260 g/mol. The Morgan fingerprint density at radius 2 is 2.31 bits per heavy atom. The first-order chi connectivity index (χ1) is 6.16. The zero-order valence-electron chi connectivity index (χ0n) is 8.01. The molecule has 0 unspecified atom stereocenters. The first-order valence-electron chi connectivity index (χ1n) is 4.62. The standard InChI is InChI=1S/C10H14BrNS/c1-7-5-9(13-10(7)11)6-12(2)8-3-4-8/h5,8H,3-4,6H2,1-2H3. The highest BCUT2D eigenvalue weighted by Gasteiger charge is 2.26. The molecule has 0 N–H and O–H groups in total. The number of thiophene rings is 1. The van der Waals surface area contributed by atoms with Gasteiger partial charge in [-0.25, -0.2) is 0 Å². The van der Waals surface area contributed by atoms with Gasteiger partial charge in [0.2, 0.25) is 0 Å². The third-order valence-corrected chi connectivity index (χ3v) is 4.61. The van der Waals surface area contributed by atoms with E-state index < -0.39 is 0 Å². The van der Waals surface area contributed by atoms with Gasteiger partial charge in [0.25, 0.3) is 0 Å². The van der Waals surface area contributed by atoms with E-state index in [-0.39, 0.29) is 0 Å². The second-order valence-electron chi connectivity index (χ2n) is 3.82. The lowest BCUT2D eigenvalue weighted by atomic mass is 10.3. The van der Waals surface area contributed by atoms with Crippen molar-refractivity contribution in [2.24, 2.45) is 0 Å². The molecule has 1 aliphatic carbocycles. The molecule has 13 heavy (non-hydrogen) atoms. The predicted octanol–water partition coefficient (Wildman–Crippen LogP) is 3.41. The molecule has 0 aliphatic heterocycles. The van der Waals surface area contributed by atoms with Gasteiger partial charge in [-0.15, -0.1) is 11.3 Å². The minimum absolute atomic E-state index is 0.862. The predicted molar refractivity (Wildman–Crippen MR) is 61.2 cm³/mol. The fraction of sp³-hybridized carbons (Fsp3) is 0.600. The number of halogens is 1. The van der Waals surface area contributed by atoms with Crippen molar-refractivity contribution in [2.75, 3.05) is 7.05 Å². The van der Waals surface area contributed by atoms with E-state index >= 15 is 0 Å². The van der Waals surface area contributed by atoms with Crippen LogP contribution in [0.5, 0.6) is 0 Å². The van der Waals surface area contributed by atoms with Gasteiger partial charge in [0, 0.05) is 17.5 Å². The summed E-state index contributed by atoms with van der Waals surface area (Å²) in [6.07, 6.45) is 2.78. The van der Waals surface area contributed by atoms with E-state index in [0.29, 0.717) is 0 Å². The van der Waals surface area contributed by atoms with Crippen LogP contribution in [0, 0.1) is 6.92 Å². The van der Waals surface area contributed by atoms with Crippen LogP contribution in [-0.4, -0.2) is 18.0 Å². The largest absolute Gasteiger partial charge is 0.298 e. The van der Waals surface area contributed by atoms with E-state index in [0.717, 1.165) is 12.6 Å². The maximum absolute atomic E-state index is 3.56. The molecule has 1 fully saturated rings. The minimum Gasteiger partial charge on any atom is -0.298 e. The van der Waals surface area contributed by atoms with Crippen LogP contribution in [0.3, 0.4) is 0 Å². The third-order valence-electron chi connectivity index (χ3n) is 2.48. The summed E-state index contributed by atoms with van der Waals surface area (Å²) in [5, 5.41) is 0. The zero-order chi connectivity index (χ0) is 9.42. The Kier molecular flexibility index (Phi) is 2.77. The number of aryl methyl sites for hydroxylation is 1. The number of rotatable bonds is 3. The van der Waals surface area contributed by atoms with Gasteiger partial charge in [-0.2, -0.15) is 0 Å². The zero-order valence-corrected chi connectivity index (χ0v) is 10.4. The Balaban J connectivity index is 2.00. The summed E-state index contributed by atoms with van der Waals surface area (Å²) < 4.78 is 1.28. The van der Waals surface area contributed by atoms with Crippen LogP contribution < -0.4 is 0 Å². The van der Waals surface area contributed by atoms with Crippen LogP contribution in [0.1, 0.15) is 23.3 Å². The van der Waals surface area contributed by atoms with Crippen LogP contribution in [0.2, 0.25) is 0 Å². The number of hydrogen-bond donors (Lipinski definition) is 0. The van der Waals surface area contributed by atoms with Crippen LogP contribution >= 0.6 is 27.3 Å². The van der Waals surface area contributed by atoms with E-state index in [9.17, 15) is 0 Å². The second-order valence-corrected chi connectivity index (χ2v) is 6.27. The fourth-order valence-corrected chi connectivity index (χ4v) is 3.18. The molecule has 0 aromatic carbocycles. The molecule has 0 radical (unpaired) electrons. The lowest BCUT2D eigenvalue weighted by Crippen LogP contribution is -2.19. The SMILES string of the molecule is Cc1cc(CN(C)C2CC2)sc1Br. The molecule has 1 nitrogen and oxygen atoms in total. The first-order valence-corrected chi connectivity index (χ1v) is 6.23. The molecule has 0 spiro atoms. The molecule has 0 saturated heterocycles. The summed E-state index contributed by atoms with van der Waals surface area (Å²) in [6.45, 7) is 3.27. The lowest BCUT2D eigenvalue weighted by molar-refractivity contribution is 0.319. The van der Waals surface area contributed by atoms with E-state index in [2.05, 4.69) is 40.9 Å². The van der Waals surface area contributed by atoms with Crippen molar-refractivity contribution in [3.05, 3.63) is 20.3 Å². The van der Waals surface area contributed by atoms with Gasteiger partial charge in [-0.1, -0.05) is 0 Å². The summed E-state index contributed by atoms with van der Waals surface area (Å²) in [7, 11) is 2.22. The summed E-state index contributed by atoms with van der Waals surface area (Å²) in [4.78, 5) is 3.93. The Labute approximate surface area is 91.9 Å². The smallest absolute Gasteiger partial charge is 0.0730 e. The van der Waals surface area contributed by atoms with Gasteiger partial charge in [0.1, 0.15) is 0 Å². The number of nitrogens with zero attached hydrogens (tertiary/aromatic N) is 1. The Hall–Kier alpha value is 0.140. The second kappa shape index (κ2) is 3.71. The molecule has 1 aromatic rings. The van der Waals surface area contributed by atoms with Crippen molar-refractivity contribution in [2.45, 2.75) is 32.4 Å². The quantitative estimate of drug-likeness (QED) is 0.805. The van der Waals surface area contributed by atoms with E-state index in [1.54, 1.807) is 0 Å². The minimum atomic E-state index is 0.862. The molecule has 2 rings (SSSR count). The topological polar surface area (TPSA) is 3.24 Å². The van der Waals surface area contributed by atoms with Gasteiger partial charge in [0.05, 0.1) is 3.79 Å². The summed E-state index contributed by atoms with van der Waals surface area (Å²) in [5.74, 6) is 0. The molecule has 1 aromatic heterocycles. The Morgan fingerprint density at radius 1 is 1.62 bits per heavy atom. The average Bonchev–Trinajstić information content (AvgIpc) is 2.81. The lowest BCUT2D eigenvalue weighted by Gasteiger charge is -2.13. The van der Waals surface area contributed by atoms with Gasteiger partial charge >= 0.3 is 0 Å². The van der Waals surface area contributed by atoms with Gasteiger partial charge in [-0.3, -0.25) is 4.90 Å². The maximum atomic E-state index is 3.56. The van der Waals surface area contributed by atoms with Crippen molar-refractivity contribution in [1.82, 2.24) is 4.90 Å². The Bertz CT molecular complexity index is 284. The molecule has 1 aliphatic rings. The maximum Gasteiger partial charge on any atom is 0.0730 e.